The van der Waals surface area contributed by atoms with Crippen molar-refractivity contribution in [3.8, 4) is 0 Å². The van der Waals surface area contributed by atoms with Crippen LogP contribution >= 0.6 is 0 Å². The molecule has 1 heterocycles. The molecule has 0 N–H and O–H groups in total. The van der Waals surface area contributed by atoms with Crippen LogP contribution in [0.25, 0.3) is 0 Å². The summed E-state index contributed by atoms with van der Waals surface area (Å²) in [6.07, 6.45) is 2.31. The Bertz CT molecular complexity index is 185. The van der Waals surface area contributed by atoms with Crippen molar-refractivity contribution in [2.45, 2.75) is 26.7 Å². The fourth-order valence-corrected chi connectivity index (χ4v) is 1.46. The summed E-state index contributed by atoms with van der Waals surface area (Å²) in [5, 5.41) is 0. The lowest BCUT2D eigenvalue weighted by molar-refractivity contribution is -0.105. The zero-order valence-electron chi connectivity index (χ0n) is 9.10. The lowest BCUT2D eigenvalue weighted by atomic mass is 9.83. The topological polar surface area (TPSA) is 12.5 Å². The van der Waals surface area contributed by atoms with Gasteiger partial charge in [0.15, 0.2) is 0 Å². The lowest BCUT2D eigenvalue weighted by Gasteiger charge is -2.38. The Morgan fingerprint density at radius 2 is 2.15 bits per heavy atom. The Hall–Kier alpha value is -0.500. The van der Waals surface area contributed by atoms with E-state index in [4.69, 9.17) is 4.74 Å². The first-order valence-corrected chi connectivity index (χ1v) is 5.04. The summed E-state index contributed by atoms with van der Waals surface area (Å²) in [6.45, 7) is 11.4. The summed E-state index contributed by atoms with van der Waals surface area (Å²) in [4.78, 5) is 2.21. The highest BCUT2D eigenvalue weighted by Crippen LogP contribution is 2.33. The molecule has 0 aromatic heterocycles. The van der Waals surface area contributed by atoms with Crippen LogP contribution in [0, 0.1) is 5.41 Å². The van der Waals surface area contributed by atoms with E-state index in [1.807, 2.05) is 0 Å². The SMILES string of the molecule is C=C(CCC1(C)COC1)N(C)CC. The standard InChI is InChI=1S/C11H21NO/c1-5-12(4)10(2)6-7-11(3)8-13-9-11/h2,5-9H2,1,3-4H3. The number of ether oxygens (including phenoxy) is 1. The number of rotatable bonds is 5. The van der Waals surface area contributed by atoms with Gasteiger partial charge in [0.1, 0.15) is 0 Å². The van der Waals surface area contributed by atoms with Gasteiger partial charge >= 0.3 is 0 Å². The van der Waals surface area contributed by atoms with Gasteiger partial charge in [-0.2, -0.15) is 0 Å². The van der Waals surface area contributed by atoms with Gasteiger partial charge in [0.2, 0.25) is 0 Å². The highest BCUT2D eigenvalue weighted by molar-refractivity contribution is 4.95. The van der Waals surface area contributed by atoms with Crippen molar-refractivity contribution < 1.29 is 4.74 Å². The molecule has 1 aliphatic rings. The second-order valence-electron chi connectivity index (χ2n) is 4.38. The third-order valence-corrected chi connectivity index (χ3v) is 2.93. The van der Waals surface area contributed by atoms with Crippen molar-refractivity contribution in [3.05, 3.63) is 12.3 Å². The van der Waals surface area contributed by atoms with Crippen molar-refractivity contribution in [2.24, 2.45) is 5.41 Å². The third-order valence-electron chi connectivity index (χ3n) is 2.93. The molecule has 0 saturated carbocycles. The first-order chi connectivity index (χ1) is 6.07. The van der Waals surface area contributed by atoms with Crippen LogP contribution in [0.4, 0.5) is 0 Å². The molecule has 76 valence electrons. The fourth-order valence-electron chi connectivity index (χ4n) is 1.46. The van der Waals surface area contributed by atoms with Gasteiger partial charge in [-0.25, -0.2) is 0 Å². The largest absolute Gasteiger partial charge is 0.380 e. The van der Waals surface area contributed by atoms with E-state index in [0.717, 1.165) is 26.2 Å². The number of hydrogen-bond acceptors (Lipinski definition) is 2. The minimum absolute atomic E-state index is 0.428. The van der Waals surface area contributed by atoms with Crippen LogP contribution in [-0.2, 0) is 4.74 Å². The van der Waals surface area contributed by atoms with Crippen LogP contribution in [0.2, 0.25) is 0 Å². The summed E-state index contributed by atoms with van der Waals surface area (Å²) in [5.41, 5.74) is 1.67. The van der Waals surface area contributed by atoms with E-state index in [1.165, 1.54) is 12.1 Å². The van der Waals surface area contributed by atoms with Crippen LogP contribution in [0.5, 0.6) is 0 Å². The predicted molar refractivity (Wildman–Crippen MR) is 55.6 cm³/mol. The van der Waals surface area contributed by atoms with Crippen molar-refractivity contribution >= 4 is 0 Å². The van der Waals surface area contributed by atoms with E-state index in [9.17, 15) is 0 Å². The Labute approximate surface area is 81.6 Å². The van der Waals surface area contributed by atoms with Crippen LogP contribution in [0.3, 0.4) is 0 Å². The van der Waals surface area contributed by atoms with Crippen LogP contribution in [-0.4, -0.2) is 31.7 Å². The third kappa shape index (κ3) is 2.73. The first kappa shape index (κ1) is 10.6. The van der Waals surface area contributed by atoms with E-state index in [0.29, 0.717) is 5.41 Å². The number of nitrogens with zero attached hydrogens (tertiary/aromatic N) is 1. The van der Waals surface area contributed by atoms with Crippen molar-refractivity contribution in [1.29, 1.82) is 0 Å². The highest BCUT2D eigenvalue weighted by atomic mass is 16.5. The molecule has 2 nitrogen and oxygen atoms in total. The van der Waals surface area contributed by atoms with Gasteiger partial charge in [-0.3, -0.25) is 0 Å². The normalized spacial score (nSPS) is 19.3. The smallest absolute Gasteiger partial charge is 0.0542 e. The zero-order chi connectivity index (χ0) is 9.90. The minimum atomic E-state index is 0.428. The average Bonchev–Trinajstić information content (AvgIpc) is 2.09. The van der Waals surface area contributed by atoms with Crippen LogP contribution in [0.1, 0.15) is 26.7 Å². The van der Waals surface area contributed by atoms with E-state index in [2.05, 4.69) is 32.4 Å². The molecule has 2 heteroatoms. The molecule has 0 aliphatic carbocycles. The quantitative estimate of drug-likeness (QED) is 0.648. The van der Waals surface area contributed by atoms with Gasteiger partial charge in [-0.05, 0) is 19.8 Å². The molecule has 0 unspecified atom stereocenters. The molecule has 0 bridgehead atoms. The average molecular weight is 183 g/mol. The first-order valence-electron chi connectivity index (χ1n) is 5.04. The van der Waals surface area contributed by atoms with E-state index >= 15 is 0 Å². The maximum atomic E-state index is 5.21. The second kappa shape index (κ2) is 4.14. The lowest BCUT2D eigenvalue weighted by Crippen LogP contribution is -2.39. The zero-order valence-corrected chi connectivity index (χ0v) is 9.10. The molecule has 0 amide bonds. The summed E-state index contributed by atoms with van der Waals surface area (Å²) in [6, 6.07) is 0. The monoisotopic (exact) mass is 183 g/mol. The maximum Gasteiger partial charge on any atom is 0.0542 e. The van der Waals surface area contributed by atoms with E-state index < -0.39 is 0 Å². The Morgan fingerprint density at radius 1 is 1.54 bits per heavy atom. The van der Waals surface area contributed by atoms with E-state index in [1.54, 1.807) is 0 Å². The van der Waals surface area contributed by atoms with Gasteiger partial charge in [0.05, 0.1) is 13.2 Å². The fraction of sp³-hybridized carbons (Fsp3) is 0.818. The molecule has 0 radical (unpaired) electrons. The molecule has 0 aromatic rings. The van der Waals surface area contributed by atoms with Gasteiger partial charge < -0.3 is 9.64 Å². The van der Waals surface area contributed by atoms with Gasteiger partial charge in [0.25, 0.3) is 0 Å². The minimum Gasteiger partial charge on any atom is -0.380 e. The summed E-state index contributed by atoms with van der Waals surface area (Å²) >= 11 is 0. The Morgan fingerprint density at radius 3 is 2.54 bits per heavy atom. The number of hydrogen-bond donors (Lipinski definition) is 0. The van der Waals surface area contributed by atoms with Gasteiger partial charge in [-0.1, -0.05) is 13.5 Å². The molecule has 0 spiro atoms. The summed E-state index contributed by atoms with van der Waals surface area (Å²) in [5.74, 6) is 0. The molecule has 1 aliphatic heterocycles. The highest BCUT2D eigenvalue weighted by Gasteiger charge is 2.32. The number of allylic oxidation sites excluding steroid dienone is 1. The summed E-state index contributed by atoms with van der Waals surface area (Å²) < 4.78 is 5.21. The van der Waals surface area contributed by atoms with Gasteiger partial charge in [0, 0.05) is 24.7 Å². The Kier molecular flexibility index (Phi) is 3.37. The molecule has 13 heavy (non-hydrogen) atoms. The molecule has 0 atom stereocenters. The van der Waals surface area contributed by atoms with Crippen molar-refractivity contribution in [2.75, 3.05) is 26.8 Å². The molecular weight excluding hydrogens is 162 g/mol. The Balaban J connectivity index is 2.21. The molecular formula is C11H21NO. The maximum absolute atomic E-state index is 5.21. The molecule has 1 saturated heterocycles. The van der Waals surface area contributed by atoms with Crippen LogP contribution < -0.4 is 0 Å². The predicted octanol–water partition coefficient (Wildman–Crippen LogP) is 2.27. The molecule has 1 fully saturated rings. The molecule has 0 aromatic carbocycles. The van der Waals surface area contributed by atoms with Crippen molar-refractivity contribution in [1.82, 2.24) is 4.90 Å². The molecule has 1 rings (SSSR count). The van der Waals surface area contributed by atoms with E-state index in [-0.39, 0.29) is 0 Å². The van der Waals surface area contributed by atoms with Gasteiger partial charge in [-0.15, -0.1) is 0 Å². The van der Waals surface area contributed by atoms with Crippen molar-refractivity contribution in [3.63, 3.8) is 0 Å². The summed E-state index contributed by atoms with van der Waals surface area (Å²) in [7, 11) is 2.10. The second-order valence-corrected chi connectivity index (χ2v) is 4.38. The van der Waals surface area contributed by atoms with Crippen LogP contribution in [0.15, 0.2) is 12.3 Å².